The first-order chi connectivity index (χ1) is 11.6. The van der Waals surface area contributed by atoms with Gasteiger partial charge in [-0.3, -0.25) is 4.79 Å². The van der Waals surface area contributed by atoms with E-state index in [2.05, 4.69) is 23.8 Å². The molecule has 1 amide bonds. The van der Waals surface area contributed by atoms with Gasteiger partial charge in [0.25, 0.3) is 0 Å². The van der Waals surface area contributed by atoms with Gasteiger partial charge in [0.15, 0.2) is 0 Å². The van der Waals surface area contributed by atoms with E-state index in [1.54, 1.807) is 0 Å². The number of nitrogens with zero attached hydrogens (tertiary/aromatic N) is 2. The molecule has 3 rings (SSSR count). The van der Waals surface area contributed by atoms with E-state index in [0.717, 1.165) is 35.9 Å². The van der Waals surface area contributed by atoms with Gasteiger partial charge in [0.2, 0.25) is 5.91 Å². The van der Waals surface area contributed by atoms with Gasteiger partial charge in [-0.2, -0.15) is 0 Å². The van der Waals surface area contributed by atoms with Crippen LogP contribution in [-0.4, -0.2) is 40.5 Å². The lowest BCUT2D eigenvalue weighted by Gasteiger charge is -2.18. The van der Waals surface area contributed by atoms with Crippen molar-refractivity contribution in [3.05, 3.63) is 36.3 Å². The van der Waals surface area contributed by atoms with E-state index >= 15 is 0 Å². The minimum atomic E-state index is 0.160. The number of amides is 1. The number of rotatable bonds is 6. The zero-order chi connectivity index (χ0) is 17.1. The molecule has 1 fully saturated rings. The Kier molecular flexibility index (Phi) is 4.88. The second kappa shape index (κ2) is 7.07. The molecule has 0 spiro atoms. The number of H-pyrrole nitrogens is 1. The molecule has 5 nitrogen and oxygen atoms in total. The summed E-state index contributed by atoms with van der Waals surface area (Å²) in [7, 11) is 0. The predicted molar refractivity (Wildman–Crippen MR) is 94.0 cm³/mol. The second-order valence-electron chi connectivity index (χ2n) is 6.73. The highest BCUT2D eigenvalue weighted by atomic mass is 16.5. The highest BCUT2D eigenvalue weighted by molar-refractivity contribution is 5.79. The summed E-state index contributed by atoms with van der Waals surface area (Å²) in [6.45, 7) is 8.49. The van der Waals surface area contributed by atoms with Gasteiger partial charge in [0.05, 0.1) is 18.5 Å². The van der Waals surface area contributed by atoms with Gasteiger partial charge in [0.1, 0.15) is 11.6 Å². The van der Waals surface area contributed by atoms with Crippen molar-refractivity contribution < 1.29 is 9.53 Å². The van der Waals surface area contributed by atoms with Gasteiger partial charge in [-0.25, -0.2) is 4.98 Å². The normalized spacial score (nSPS) is 17.8. The molecule has 0 unspecified atom stereocenters. The van der Waals surface area contributed by atoms with Gasteiger partial charge in [-0.15, -0.1) is 0 Å². The molecule has 2 heterocycles. The summed E-state index contributed by atoms with van der Waals surface area (Å²) < 4.78 is 5.47. The second-order valence-corrected chi connectivity index (χ2v) is 6.73. The van der Waals surface area contributed by atoms with Crippen LogP contribution in [0.3, 0.4) is 0 Å². The van der Waals surface area contributed by atoms with Crippen LogP contribution in [0.2, 0.25) is 0 Å². The Labute approximate surface area is 143 Å². The van der Waals surface area contributed by atoms with E-state index in [4.69, 9.17) is 4.74 Å². The zero-order valence-electron chi connectivity index (χ0n) is 14.6. The third kappa shape index (κ3) is 3.61. The lowest BCUT2D eigenvalue weighted by molar-refractivity contribution is -0.128. The largest absolute Gasteiger partial charge is 0.494 e. The molecular formula is C19H25N3O2. The first-order valence-electron chi connectivity index (χ1n) is 8.62. The molecule has 1 aromatic carbocycles. The monoisotopic (exact) mass is 327 g/mol. The van der Waals surface area contributed by atoms with Crippen LogP contribution in [0.5, 0.6) is 5.75 Å². The molecule has 1 aliphatic rings. The number of hydrogen-bond acceptors (Lipinski definition) is 3. The van der Waals surface area contributed by atoms with Crippen LogP contribution in [0.15, 0.2) is 30.5 Å². The van der Waals surface area contributed by atoms with E-state index in [-0.39, 0.29) is 11.8 Å². The number of aromatic nitrogens is 2. The van der Waals surface area contributed by atoms with Gasteiger partial charge in [-0.05, 0) is 42.7 Å². The van der Waals surface area contributed by atoms with Gasteiger partial charge >= 0.3 is 0 Å². The number of aromatic amines is 1. The maximum absolute atomic E-state index is 12.1. The Morgan fingerprint density at radius 1 is 1.33 bits per heavy atom. The molecule has 24 heavy (non-hydrogen) atoms. The van der Waals surface area contributed by atoms with E-state index in [1.807, 2.05) is 42.3 Å². The van der Waals surface area contributed by atoms with Gasteiger partial charge in [0, 0.05) is 25.4 Å². The van der Waals surface area contributed by atoms with Crippen molar-refractivity contribution in [3.63, 3.8) is 0 Å². The molecule has 2 aromatic rings. The number of benzene rings is 1. The van der Waals surface area contributed by atoms with Crippen LogP contribution in [0.1, 0.15) is 38.9 Å². The molecule has 0 aliphatic carbocycles. The third-order valence-corrected chi connectivity index (χ3v) is 4.26. The fourth-order valence-electron chi connectivity index (χ4n) is 3.16. The molecule has 1 aliphatic heterocycles. The van der Waals surface area contributed by atoms with Crippen molar-refractivity contribution in [2.75, 3.05) is 19.7 Å². The summed E-state index contributed by atoms with van der Waals surface area (Å²) in [6, 6.07) is 7.96. The average Bonchev–Trinajstić information content (AvgIpc) is 3.16. The van der Waals surface area contributed by atoms with E-state index in [9.17, 15) is 4.79 Å². The van der Waals surface area contributed by atoms with Crippen LogP contribution >= 0.6 is 0 Å². The maximum atomic E-state index is 12.1. The lowest BCUT2D eigenvalue weighted by Crippen LogP contribution is -2.29. The fraction of sp³-hybridized carbons (Fsp3) is 0.474. The molecule has 0 saturated carbocycles. The number of hydrogen-bond donors (Lipinski definition) is 1. The first kappa shape index (κ1) is 16.6. The Morgan fingerprint density at radius 2 is 2.08 bits per heavy atom. The number of carbonyl (C=O) groups is 1. The van der Waals surface area contributed by atoms with E-state index < -0.39 is 0 Å². The van der Waals surface area contributed by atoms with E-state index in [1.165, 1.54) is 0 Å². The van der Waals surface area contributed by atoms with Crippen LogP contribution < -0.4 is 4.74 Å². The van der Waals surface area contributed by atoms with Gasteiger partial charge < -0.3 is 14.6 Å². The standard InChI is InChI=1S/C19H25N3O2/c1-4-24-16-7-5-14(6-8-16)17-10-20-19(21-17)15-9-18(23)22(12-15)11-13(2)3/h5-8,10,13,15H,4,9,11-12H2,1-3H3,(H,20,21)/t15-/m0/s1. The number of likely N-dealkylation sites (tertiary alicyclic amines) is 1. The maximum Gasteiger partial charge on any atom is 0.223 e. The topological polar surface area (TPSA) is 58.2 Å². The number of imidazole rings is 1. The van der Waals surface area contributed by atoms with Crippen molar-refractivity contribution in [1.29, 1.82) is 0 Å². The predicted octanol–water partition coefficient (Wildman–Crippen LogP) is 3.45. The Morgan fingerprint density at radius 3 is 2.75 bits per heavy atom. The molecule has 1 aromatic heterocycles. The third-order valence-electron chi connectivity index (χ3n) is 4.26. The van der Waals surface area contributed by atoms with Crippen molar-refractivity contribution in [2.24, 2.45) is 5.92 Å². The molecular weight excluding hydrogens is 302 g/mol. The Balaban J connectivity index is 1.70. The van der Waals surface area contributed by atoms with Crippen molar-refractivity contribution in [2.45, 2.75) is 33.1 Å². The summed E-state index contributed by atoms with van der Waals surface area (Å²) in [5.74, 6) is 2.65. The minimum Gasteiger partial charge on any atom is -0.494 e. The molecule has 0 bridgehead atoms. The smallest absolute Gasteiger partial charge is 0.223 e. The minimum absolute atomic E-state index is 0.160. The summed E-state index contributed by atoms with van der Waals surface area (Å²) in [6.07, 6.45) is 2.39. The molecule has 128 valence electrons. The summed E-state index contributed by atoms with van der Waals surface area (Å²) in [5, 5.41) is 0. The summed E-state index contributed by atoms with van der Waals surface area (Å²) in [5.41, 5.74) is 2.04. The zero-order valence-corrected chi connectivity index (χ0v) is 14.6. The van der Waals surface area contributed by atoms with Crippen LogP contribution in [0, 0.1) is 5.92 Å². The average molecular weight is 327 g/mol. The molecule has 5 heteroatoms. The lowest BCUT2D eigenvalue weighted by atomic mass is 10.1. The van der Waals surface area contributed by atoms with Gasteiger partial charge in [-0.1, -0.05) is 13.8 Å². The summed E-state index contributed by atoms with van der Waals surface area (Å²) in [4.78, 5) is 22.0. The van der Waals surface area contributed by atoms with E-state index in [0.29, 0.717) is 18.9 Å². The van der Waals surface area contributed by atoms with Crippen LogP contribution in [0.25, 0.3) is 11.3 Å². The first-order valence-corrected chi connectivity index (χ1v) is 8.62. The fourth-order valence-corrected chi connectivity index (χ4v) is 3.16. The molecule has 1 saturated heterocycles. The highest BCUT2D eigenvalue weighted by Crippen LogP contribution is 2.29. The Bertz CT molecular complexity index is 691. The number of nitrogens with one attached hydrogen (secondary N) is 1. The Hall–Kier alpha value is -2.30. The SMILES string of the molecule is CCOc1ccc(-c2cnc([C@H]3CC(=O)N(CC(C)C)C3)[nH]2)cc1. The van der Waals surface area contributed by atoms with Crippen LogP contribution in [0.4, 0.5) is 0 Å². The summed E-state index contributed by atoms with van der Waals surface area (Å²) >= 11 is 0. The quantitative estimate of drug-likeness (QED) is 0.884. The van der Waals surface area contributed by atoms with Crippen molar-refractivity contribution in [3.8, 4) is 17.0 Å². The highest BCUT2D eigenvalue weighted by Gasteiger charge is 2.32. The molecule has 1 N–H and O–H groups in total. The van der Waals surface area contributed by atoms with Crippen molar-refractivity contribution in [1.82, 2.24) is 14.9 Å². The number of ether oxygens (including phenoxy) is 1. The van der Waals surface area contributed by atoms with Crippen LogP contribution in [-0.2, 0) is 4.79 Å². The number of carbonyl (C=O) groups excluding carboxylic acids is 1. The van der Waals surface area contributed by atoms with Crippen molar-refractivity contribution >= 4 is 5.91 Å². The molecule has 0 radical (unpaired) electrons. The molecule has 1 atom stereocenters.